The normalized spacial score (nSPS) is 14.6. The van der Waals surface area contributed by atoms with Gasteiger partial charge in [0.2, 0.25) is 5.91 Å². The first kappa shape index (κ1) is 33.9. The Labute approximate surface area is 269 Å². The molecule has 46 heavy (non-hydrogen) atoms. The van der Waals surface area contributed by atoms with E-state index in [9.17, 15) is 24.0 Å². The molecule has 2 aromatic carbocycles. The van der Waals surface area contributed by atoms with E-state index in [1.807, 2.05) is 12.1 Å². The topological polar surface area (TPSA) is 136 Å². The van der Waals surface area contributed by atoms with Gasteiger partial charge in [-0.3, -0.25) is 9.59 Å². The molecule has 0 spiro atoms. The maximum atomic E-state index is 13.7. The second-order valence-electron chi connectivity index (χ2n) is 12.2. The van der Waals surface area contributed by atoms with Gasteiger partial charge in [0, 0.05) is 44.2 Å². The Hall–Kier alpha value is -4.98. The Morgan fingerprint density at radius 1 is 1.04 bits per heavy atom. The van der Waals surface area contributed by atoms with Crippen LogP contribution < -0.4 is 16.0 Å². The lowest BCUT2D eigenvalue weighted by Crippen LogP contribution is -2.50. The molecular formula is C35H41FN6O4. The fourth-order valence-electron chi connectivity index (χ4n) is 5.32. The Balaban J connectivity index is 1.44. The summed E-state index contributed by atoms with van der Waals surface area (Å²) < 4.78 is 18.9. The van der Waals surface area contributed by atoms with Crippen LogP contribution in [0.1, 0.15) is 67.9 Å². The molecule has 0 bridgehead atoms. The first-order valence-electron chi connectivity index (χ1n) is 15.6. The summed E-state index contributed by atoms with van der Waals surface area (Å²) in [5.41, 5.74) is 2.12. The number of halogens is 1. The number of ether oxygens (including phenoxy) is 1. The van der Waals surface area contributed by atoms with Crippen LogP contribution in [0.15, 0.2) is 60.7 Å². The summed E-state index contributed by atoms with van der Waals surface area (Å²) in [5, 5.41) is 18.5. The average Bonchev–Trinajstić information content (AvgIpc) is 3.03. The number of benzene rings is 2. The van der Waals surface area contributed by atoms with Gasteiger partial charge in [0.15, 0.2) is 0 Å². The number of carbonyl (C=O) groups is 3. The zero-order chi connectivity index (χ0) is 33.1. The standard InChI is InChI=1S/C35H41FN6O4/c1-35(2,3)46-34(45)39-19-17-31(43)42-20-7-6-12-27(42)23-40-33(44)29-14-15-30(28-13-5-4-10-25(28)22-37)41-32(29)38-18-16-24-9-8-11-26(36)21-24/h4-5,8-11,13-15,21,27H,6-7,12,16-20,23H2,1-3H3,(H,38,41)(H,39,45)(H,40,44)/t27-/m0/s1. The summed E-state index contributed by atoms with van der Waals surface area (Å²) in [7, 11) is 0. The SMILES string of the molecule is CC(C)(C)OC(=O)NCCC(=O)N1CCCC[C@H]1CNC(=O)c1ccc(-c2ccccc2C#N)nc1NCCc1cccc(F)c1. The molecule has 1 aromatic heterocycles. The van der Waals surface area contributed by atoms with Crippen LogP contribution in [0.25, 0.3) is 11.3 Å². The van der Waals surface area contributed by atoms with Crippen molar-refractivity contribution in [2.45, 2.75) is 64.5 Å². The summed E-state index contributed by atoms with van der Waals surface area (Å²) in [6.45, 7) is 6.69. The van der Waals surface area contributed by atoms with Crippen molar-refractivity contribution in [2.24, 2.45) is 0 Å². The number of piperidine rings is 1. The molecule has 1 atom stereocenters. The van der Waals surface area contributed by atoms with Crippen molar-refractivity contribution in [3.8, 4) is 17.3 Å². The Bertz CT molecular complexity index is 1580. The maximum absolute atomic E-state index is 13.7. The number of hydrogen-bond acceptors (Lipinski definition) is 7. The van der Waals surface area contributed by atoms with Gasteiger partial charge in [-0.15, -0.1) is 0 Å². The lowest BCUT2D eigenvalue weighted by Gasteiger charge is -2.36. The number of pyridine rings is 1. The van der Waals surface area contributed by atoms with E-state index in [-0.39, 0.29) is 43.2 Å². The van der Waals surface area contributed by atoms with Crippen molar-refractivity contribution < 1.29 is 23.5 Å². The minimum absolute atomic E-state index is 0.100. The van der Waals surface area contributed by atoms with Gasteiger partial charge in [-0.25, -0.2) is 14.2 Å². The van der Waals surface area contributed by atoms with E-state index >= 15 is 0 Å². The predicted molar refractivity (Wildman–Crippen MR) is 174 cm³/mol. The second kappa shape index (κ2) is 15.8. The van der Waals surface area contributed by atoms with E-state index in [1.54, 1.807) is 62.1 Å². The molecule has 0 aliphatic carbocycles. The van der Waals surface area contributed by atoms with Gasteiger partial charge in [-0.1, -0.05) is 30.3 Å². The number of amides is 3. The molecule has 3 N–H and O–H groups in total. The van der Waals surface area contributed by atoms with Crippen LogP contribution in [0.5, 0.6) is 0 Å². The number of likely N-dealkylation sites (tertiary alicyclic amines) is 1. The fraction of sp³-hybridized carbons (Fsp3) is 0.400. The van der Waals surface area contributed by atoms with Crippen molar-refractivity contribution in [2.75, 3.05) is 31.5 Å². The largest absolute Gasteiger partial charge is 0.444 e. The maximum Gasteiger partial charge on any atom is 0.407 e. The average molecular weight is 629 g/mol. The van der Waals surface area contributed by atoms with E-state index in [2.05, 4.69) is 22.0 Å². The number of carbonyl (C=O) groups excluding carboxylic acids is 3. The van der Waals surface area contributed by atoms with E-state index in [4.69, 9.17) is 9.72 Å². The number of aromatic nitrogens is 1. The molecule has 1 aliphatic heterocycles. The highest BCUT2D eigenvalue weighted by molar-refractivity contribution is 5.99. The Morgan fingerprint density at radius 2 is 1.85 bits per heavy atom. The fourth-order valence-corrected chi connectivity index (χ4v) is 5.32. The molecular weight excluding hydrogens is 587 g/mol. The predicted octanol–water partition coefficient (Wildman–Crippen LogP) is 5.44. The van der Waals surface area contributed by atoms with Crippen LogP contribution >= 0.6 is 0 Å². The number of alkyl carbamates (subject to hydrolysis) is 1. The molecule has 2 heterocycles. The number of nitrogens with zero attached hydrogens (tertiary/aromatic N) is 3. The quantitative estimate of drug-likeness (QED) is 0.257. The van der Waals surface area contributed by atoms with Gasteiger partial charge in [-0.05, 0) is 82.3 Å². The molecule has 242 valence electrons. The van der Waals surface area contributed by atoms with Crippen LogP contribution in [0.4, 0.5) is 15.0 Å². The Kier molecular flexibility index (Phi) is 11.7. The van der Waals surface area contributed by atoms with Crippen LogP contribution in [0.3, 0.4) is 0 Å². The summed E-state index contributed by atoms with van der Waals surface area (Å²) in [6, 6.07) is 18.8. The van der Waals surface area contributed by atoms with Crippen molar-refractivity contribution in [3.05, 3.63) is 83.2 Å². The van der Waals surface area contributed by atoms with Crippen molar-refractivity contribution in [1.29, 1.82) is 5.26 Å². The minimum atomic E-state index is -0.627. The molecule has 4 rings (SSSR count). The summed E-state index contributed by atoms with van der Waals surface area (Å²) in [4.78, 5) is 45.1. The third kappa shape index (κ3) is 9.76. The smallest absolute Gasteiger partial charge is 0.407 e. The van der Waals surface area contributed by atoms with E-state index in [0.717, 1.165) is 24.8 Å². The molecule has 0 unspecified atom stereocenters. The number of hydrogen-bond donors (Lipinski definition) is 3. The first-order chi connectivity index (χ1) is 22.0. The highest BCUT2D eigenvalue weighted by Gasteiger charge is 2.27. The molecule has 0 radical (unpaired) electrons. The van der Waals surface area contributed by atoms with Gasteiger partial charge in [0.25, 0.3) is 5.91 Å². The lowest BCUT2D eigenvalue weighted by atomic mass is 10.0. The second-order valence-corrected chi connectivity index (χ2v) is 12.2. The van der Waals surface area contributed by atoms with E-state index < -0.39 is 11.7 Å². The lowest BCUT2D eigenvalue weighted by molar-refractivity contribution is -0.134. The molecule has 1 saturated heterocycles. The van der Waals surface area contributed by atoms with Gasteiger partial charge >= 0.3 is 6.09 Å². The third-order valence-corrected chi connectivity index (χ3v) is 7.51. The molecule has 3 amide bonds. The monoisotopic (exact) mass is 628 g/mol. The number of nitrogens with one attached hydrogen (secondary N) is 3. The van der Waals surface area contributed by atoms with Crippen molar-refractivity contribution in [3.63, 3.8) is 0 Å². The molecule has 3 aromatic rings. The summed E-state index contributed by atoms with van der Waals surface area (Å²) in [6.07, 6.45) is 2.60. The first-order valence-corrected chi connectivity index (χ1v) is 15.6. The number of nitriles is 1. The Morgan fingerprint density at radius 3 is 2.61 bits per heavy atom. The third-order valence-electron chi connectivity index (χ3n) is 7.51. The summed E-state index contributed by atoms with van der Waals surface area (Å²) in [5.74, 6) is -0.438. The van der Waals surface area contributed by atoms with Gasteiger partial charge in [0.1, 0.15) is 17.2 Å². The van der Waals surface area contributed by atoms with Crippen molar-refractivity contribution in [1.82, 2.24) is 20.5 Å². The minimum Gasteiger partial charge on any atom is -0.444 e. The van der Waals surface area contributed by atoms with Crippen LogP contribution in [0, 0.1) is 17.1 Å². The number of rotatable bonds is 11. The highest BCUT2D eigenvalue weighted by Crippen LogP contribution is 2.25. The molecule has 10 nitrogen and oxygen atoms in total. The van der Waals surface area contributed by atoms with Crippen molar-refractivity contribution >= 4 is 23.7 Å². The zero-order valence-corrected chi connectivity index (χ0v) is 26.6. The molecule has 1 aliphatic rings. The zero-order valence-electron chi connectivity index (χ0n) is 26.6. The number of anilines is 1. The van der Waals surface area contributed by atoms with Crippen LogP contribution in [-0.2, 0) is 16.0 Å². The van der Waals surface area contributed by atoms with Gasteiger partial charge in [0.05, 0.1) is 22.9 Å². The molecule has 0 saturated carbocycles. The molecule has 11 heteroatoms. The molecule has 1 fully saturated rings. The summed E-state index contributed by atoms with van der Waals surface area (Å²) >= 11 is 0. The van der Waals surface area contributed by atoms with Gasteiger partial charge < -0.3 is 25.6 Å². The van der Waals surface area contributed by atoms with E-state index in [0.29, 0.717) is 47.7 Å². The van der Waals surface area contributed by atoms with E-state index in [1.165, 1.54) is 12.1 Å². The highest BCUT2D eigenvalue weighted by atomic mass is 19.1. The van der Waals surface area contributed by atoms with Crippen LogP contribution in [0.2, 0.25) is 0 Å². The van der Waals surface area contributed by atoms with Crippen LogP contribution in [-0.4, -0.2) is 65.6 Å². The van der Waals surface area contributed by atoms with Gasteiger partial charge in [-0.2, -0.15) is 5.26 Å².